The normalized spacial score (nSPS) is 15.6. The number of amides is 2. The molecule has 32 heavy (non-hydrogen) atoms. The number of carbonyl (C=O) groups is 3. The molecule has 0 spiro atoms. The zero-order chi connectivity index (χ0) is 23.3. The smallest absolute Gasteiger partial charge is 0.337 e. The van der Waals surface area contributed by atoms with Crippen LogP contribution in [-0.2, 0) is 14.3 Å². The predicted octanol–water partition coefficient (Wildman–Crippen LogP) is 4.49. The first kappa shape index (κ1) is 23.7. The number of hydrogen-bond donors (Lipinski definition) is 2. The number of hydrogen-bond acceptors (Lipinski definition) is 6. The molecule has 2 amide bonds. The van der Waals surface area contributed by atoms with E-state index in [0.29, 0.717) is 37.5 Å². The van der Waals surface area contributed by atoms with Crippen LogP contribution in [-0.4, -0.2) is 30.6 Å². The van der Waals surface area contributed by atoms with Crippen molar-refractivity contribution in [3.8, 4) is 6.07 Å². The summed E-state index contributed by atoms with van der Waals surface area (Å²) in [5.41, 5.74) is 1.87. The van der Waals surface area contributed by atoms with E-state index in [9.17, 15) is 19.6 Å². The Morgan fingerprint density at radius 2 is 1.88 bits per heavy atom. The van der Waals surface area contributed by atoms with Crippen molar-refractivity contribution >= 4 is 58.4 Å². The molecule has 1 atom stereocenters. The lowest BCUT2D eigenvalue weighted by molar-refractivity contribution is -0.121. The molecule has 3 rings (SSSR count). The van der Waals surface area contributed by atoms with Crippen LogP contribution in [0.3, 0.4) is 0 Å². The number of ether oxygens (including phenoxy) is 1. The number of anilines is 1. The fourth-order valence-electron chi connectivity index (χ4n) is 3.15. The maximum atomic E-state index is 12.4. The highest BCUT2D eigenvalue weighted by Gasteiger charge is 2.30. The standard InChI is InChI=1S/C22H17Cl2N3O4S/c1-31-22(30)13-4-2-12(3-5-13)17-9-19(28)27-21(18(17)10-25)32-11-20(29)26-16-7-14(23)6-15(24)8-16/h2-8,17H,9,11H2,1H3,(H,26,29)(H,27,28)/t17-/m0/s1. The molecule has 2 aromatic rings. The van der Waals surface area contributed by atoms with Crippen LogP contribution in [0, 0.1) is 11.3 Å². The highest BCUT2D eigenvalue weighted by molar-refractivity contribution is 8.03. The van der Waals surface area contributed by atoms with Gasteiger partial charge in [0, 0.05) is 28.1 Å². The number of benzene rings is 2. The first-order valence-electron chi connectivity index (χ1n) is 9.32. The molecule has 1 heterocycles. The summed E-state index contributed by atoms with van der Waals surface area (Å²) in [6, 6.07) is 13.4. The van der Waals surface area contributed by atoms with Gasteiger partial charge in [-0.05, 0) is 35.9 Å². The molecule has 2 aromatic carbocycles. The number of nitriles is 1. The number of thioether (sulfide) groups is 1. The van der Waals surface area contributed by atoms with Crippen LogP contribution in [0.2, 0.25) is 10.0 Å². The first-order chi connectivity index (χ1) is 15.3. The lowest BCUT2D eigenvalue weighted by Gasteiger charge is -2.25. The second-order valence-electron chi connectivity index (χ2n) is 6.77. The number of nitrogens with zero attached hydrogens (tertiary/aromatic N) is 1. The Hall–Kier alpha value is -2.99. The largest absolute Gasteiger partial charge is 0.465 e. The lowest BCUT2D eigenvalue weighted by atomic mass is 9.87. The third-order valence-corrected chi connectivity index (χ3v) is 6.04. The molecule has 164 valence electrons. The molecule has 0 unspecified atom stereocenters. The van der Waals surface area contributed by atoms with E-state index in [4.69, 9.17) is 23.2 Å². The zero-order valence-electron chi connectivity index (χ0n) is 16.8. The Kier molecular flexibility index (Phi) is 7.80. The van der Waals surface area contributed by atoms with Crippen molar-refractivity contribution in [2.24, 2.45) is 0 Å². The van der Waals surface area contributed by atoms with E-state index in [2.05, 4.69) is 21.4 Å². The maximum Gasteiger partial charge on any atom is 0.337 e. The molecular formula is C22H17Cl2N3O4S. The summed E-state index contributed by atoms with van der Waals surface area (Å²) in [6.07, 6.45) is 0.0811. The summed E-state index contributed by atoms with van der Waals surface area (Å²) in [7, 11) is 1.29. The Labute approximate surface area is 198 Å². The Balaban J connectivity index is 1.76. The molecule has 0 aromatic heterocycles. The summed E-state index contributed by atoms with van der Waals surface area (Å²) in [6.45, 7) is 0. The third kappa shape index (κ3) is 5.82. The Morgan fingerprint density at radius 1 is 1.22 bits per heavy atom. The lowest BCUT2D eigenvalue weighted by Crippen LogP contribution is -2.31. The second kappa shape index (κ2) is 10.6. The van der Waals surface area contributed by atoms with Gasteiger partial charge in [-0.2, -0.15) is 5.26 Å². The first-order valence-corrected chi connectivity index (χ1v) is 11.1. The van der Waals surface area contributed by atoms with E-state index in [1.165, 1.54) is 7.11 Å². The fraction of sp³-hybridized carbons (Fsp3) is 0.182. The van der Waals surface area contributed by atoms with Crippen LogP contribution in [0.1, 0.15) is 28.3 Å². The minimum atomic E-state index is -0.488. The van der Waals surface area contributed by atoms with Gasteiger partial charge >= 0.3 is 5.97 Å². The van der Waals surface area contributed by atoms with E-state index in [0.717, 1.165) is 11.8 Å². The van der Waals surface area contributed by atoms with Crippen molar-refractivity contribution in [3.63, 3.8) is 0 Å². The van der Waals surface area contributed by atoms with Gasteiger partial charge in [0.1, 0.15) is 0 Å². The van der Waals surface area contributed by atoms with Gasteiger partial charge in [0.15, 0.2) is 0 Å². The highest BCUT2D eigenvalue weighted by Crippen LogP contribution is 2.36. The number of nitrogens with one attached hydrogen (secondary N) is 2. The van der Waals surface area contributed by atoms with Crippen LogP contribution >= 0.6 is 35.0 Å². The van der Waals surface area contributed by atoms with Gasteiger partial charge < -0.3 is 15.4 Å². The number of rotatable bonds is 6. The fourth-order valence-corrected chi connectivity index (χ4v) is 4.55. The van der Waals surface area contributed by atoms with Gasteiger partial charge in [0.2, 0.25) is 11.8 Å². The molecule has 1 aliphatic heterocycles. The van der Waals surface area contributed by atoms with Crippen LogP contribution in [0.15, 0.2) is 53.1 Å². The minimum Gasteiger partial charge on any atom is -0.465 e. The molecule has 0 bridgehead atoms. The number of halogens is 2. The summed E-state index contributed by atoms with van der Waals surface area (Å²) in [4.78, 5) is 36.3. The van der Waals surface area contributed by atoms with Crippen LogP contribution < -0.4 is 10.6 Å². The van der Waals surface area contributed by atoms with Crippen LogP contribution in [0.25, 0.3) is 0 Å². The molecule has 0 fully saturated rings. The van der Waals surface area contributed by atoms with E-state index in [1.807, 2.05) is 0 Å². The number of esters is 1. The van der Waals surface area contributed by atoms with E-state index in [1.54, 1.807) is 42.5 Å². The van der Waals surface area contributed by atoms with Crippen molar-refractivity contribution in [3.05, 3.63) is 74.2 Å². The van der Waals surface area contributed by atoms with Crippen molar-refractivity contribution < 1.29 is 19.1 Å². The Bertz CT molecular complexity index is 1120. The molecular weight excluding hydrogens is 473 g/mol. The van der Waals surface area contributed by atoms with Crippen LogP contribution in [0.5, 0.6) is 0 Å². The van der Waals surface area contributed by atoms with E-state index in [-0.39, 0.29) is 24.0 Å². The molecule has 10 heteroatoms. The molecule has 2 N–H and O–H groups in total. The average molecular weight is 490 g/mol. The zero-order valence-corrected chi connectivity index (χ0v) is 19.1. The summed E-state index contributed by atoms with van der Waals surface area (Å²) in [5, 5.41) is 16.2. The van der Waals surface area contributed by atoms with Crippen molar-refractivity contribution in [2.45, 2.75) is 12.3 Å². The summed E-state index contributed by atoms with van der Waals surface area (Å²) < 4.78 is 4.69. The van der Waals surface area contributed by atoms with Crippen molar-refractivity contribution in [2.75, 3.05) is 18.2 Å². The molecule has 0 saturated heterocycles. The number of allylic oxidation sites excluding steroid dienone is 1. The third-order valence-electron chi connectivity index (χ3n) is 4.58. The summed E-state index contributed by atoms with van der Waals surface area (Å²) >= 11 is 12.9. The van der Waals surface area contributed by atoms with Crippen molar-refractivity contribution in [1.29, 1.82) is 5.26 Å². The van der Waals surface area contributed by atoms with Gasteiger partial charge in [0.25, 0.3) is 0 Å². The van der Waals surface area contributed by atoms with Crippen molar-refractivity contribution in [1.82, 2.24) is 5.32 Å². The van der Waals surface area contributed by atoms with Gasteiger partial charge in [-0.1, -0.05) is 47.1 Å². The molecule has 0 radical (unpaired) electrons. The van der Waals surface area contributed by atoms with E-state index >= 15 is 0 Å². The second-order valence-corrected chi connectivity index (χ2v) is 8.63. The Morgan fingerprint density at radius 3 is 2.47 bits per heavy atom. The minimum absolute atomic E-state index is 0.0427. The highest BCUT2D eigenvalue weighted by atomic mass is 35.5. The van der Waals surface area contributed by atoms with Gasteiger partial charge in [-0.15, -0.1) is 0 Å². The maximum absolute atomic E-state index is 12.4. The monoisotopic (exact) mass is 489 g/mol. The quantitative estimate of drug-likeness (QED) is 0.578. The molecule has 7 nitrogen and oxygen atoms in total. The van der Waals surface area contributed by atoms with Gasteiger partial charge in [0.05, 0.1) is 35.1 Å². The van der Waals surface area contributed by atoms with Gasteiger partial charge in [-0.25, -0.2) is 4.79 Å². The average Bonchev–Trinajstić information content (AvgIpc) is 2.76. The molecule has 1 aliphatic rings. The topological polar surface area (TPSA) is 108 Å². The summed E-state index contributed by atoms with van der Waals surface area (Å²) in [5.74, 6) is -1.62. The molecule has 0 aliphatic carbocycles. The predicted molar refractivity (Wildman–Crippen MR) is 123 cm³/mol. The van der Waals surface area contributed by atoms with Crippen LogP contribution in [0.4, 0.5) is 5.69 Å². The van der Waals surface area contributed by atoms with E-state index < -0.39 is 11.9 Å². The molecule has 0 saturated carbocycles. The van der Waals surface area contributed by atoms with Gasteiger partial charge in [-0.3, -0.25) is 9.59 Å². The number of carbonyl (C=O) groups excluding carboxylic acids is 3. The number of methoxy groups -OCH3 is 1. The SMILES string of the molecule is COC(=O)c1ccc([C@@H]2CC(=O)NC(SCC(=O)Nc3cc(Cl)cc(Cl)c3)=C2C#N)cc1.